The minimum absolute atomic E-state index is 0.612. The van der Waals surface area contributed by atoms with Crippen LogP contribution in [0.1, 0.15) is 26.0 Å². The summed E-state index contributed by atoms with van der Waals surface area (Å²) in [5, 5.41) is 7.98. The number of rotatable bonds is 1. The molecule has 0 aliphatic carbocycles. The Bertz CT molecular complexity index is 279. The molecule has 0 radical (unpaired) electrons. The van der Waals surface area contributed by atoms with Crippen LogP contribution in [0.25, 0.3) is 0 Å². The number of hydrogen-bond acceptors (Lipinski definition) is 3. The Morgan fingerprint density at radius 3 is 3.00 bits per heavy atom. The second-order valence-corrected chi connectivity index (χ2v) is 3.87. The molecule has 0 N–H and O–H groups in total. The van der Waals surface area contributed by atoms with E-state index in [1.54, 1.807) is 0 Å². The van der Waals surface area contributed by atoms with Crippen molar-refractivity contribution in [1.82, 2.24) is 19.9 Å². The van der Waals surface area contributed by atoms with Crippen molar-refractivity contribution in [3.63, 3.8) is 0 Å². The normalized spacial score (nSPS) is 18.7. The van der Waals surface area contributed by atoms with Gasteiger partial charge in [0.15, 0.2) is 0 Å². The van der Waals surface area contributed by atoms with E-state index >= 15 is 0 Å². The topological polar surface area (TPSA) is 34.0 Å². The maximum atomic E-state index is 4.05. The lowest BCUT2D eigenvalue weighted by Gasteiger charge is -2.23. The molecule has 0 bridgehead atoms. The van der Waals surface area contributed by atoms with E-state index in [2.05, 4.69) is 29.1 Å². The first kappa shape index (κ1) is 8.69. The standard InChI is InChI=1S/C9H16N4/c1-8(2)12-4-3-5-13-9(7-12)6-10-11-13/h6,8H,3-5,7H2,1-2H3. The molecule has 1 aliphatic rings. The van der Waals surface area contributed by atoms with E-state index in [0.717, 1.165) is 13.1 Å². The largest absolute Gasteiger partial charge is 0.295 e. The molecule has 1 aliphatic heterocycles. The van der Waals surface area contributed by atoms with Crippen LogP contribution in [0.5, 0.6) is 0 Å². The number of aryl methyl sites for hydroxylation is 1. The molecular weight excluding hydrogens is 164 g/mol. The van der Waals surface area contributed by atoms with Gasteiger partial charge in [0.2, 0.25) is 0 Å². The summed E-state index contributed by atoms with van der Waals surface area (Å²) in [5.41, 5.74) is 1.24. The van der Waals surface area contributed by atoms with E-state index in [0.29, 0.717) is 6.04 Å². The van der Waals surface area contributed by atoms with Crippen molar-refractivity contribution >= 4 is 0 Å². The second kappa shape index (κ2) is 3.46. The van der Waals surface area contributed by atoms with Crippen LogP contribution in [0.3, 0.4) is 0 Å². The lowest BCUT2D eigenvalue weighted by atomic mass is 10.3. The predicted octanol–water partition coefficient (Wildman–Crippen LogP) is 0.892. The monoisotopic (exact) mass is 180 g/mol. The lowest BCUT2D eigenvalue weighted by molar-refractivity contribution is 0.216. The summed E-state index contributed by atoms with van der Waals surface area (Å²) in [6.07, 6.45) is 3.05. The van der Waals surface area contributed by atoms with Crippen LogP contribution in [0.2, 0.25) is 0 Å². The average Bonchev–Trinajstić information content (AvgIpc) is 2.42. The van der Waals surface area contributed by atoms with Crippen LogP contribution in [0, 0.1) is 0 Å². The van der Waals surface area contributed by atoms with E-state index in [1.165, 1.54) is 18.7 Å². The lowest BCUT2D eigenvalue weighted by Crippen LogP contribution is -2.30. The van der Waals surface area contributed by atoms with E-state index < -0.39 is 0 Å². The summed E-state index contributed by atoms with van der Waals surface area (Å²) < 4.78 is 2.02. The minimum atomic E-state index is 0.612. The predicted molar refractivity (Wildman–Crippen MR) is 50.2 cm³/mol. The molecule has 0 atom stereocenters. The van der Waals surface area contributed by atoms with E-state index in [1.807, 2.05) is 10.9 Å². The number of nitrogens with zero attached hydrogens (tertiary/aromatic N) is 4. The molecule has 0 fully saturated rings. The quantitative estimate of drug-likeness (QED) is 0.643. The van der Waals surface area contributed by atoms with Crippen LogP contribution in [-0.4, -0.2) is 32.5 Å². The van der Waals surface area contributed by atoms with Crippen LogP contribution >= 0.6 is 0 Å². The van der Waals surface area contributed by atoms with Gasteiger partial charge in [-0.05, 0) is 20.3 Å². The fraction of sp³-hybridized carbons (Fsp3) is 0.778. The Kier molecular flexibility index (Phi) is 2.31. The van der Waals surface area contributed by atoms with Crippen molar-refractivity contribution in [2.24, 2.45) is 0 Å². The Morgan fingerprint density at radius 1 is 1.38 bits per heavy atom. The zero-order chi connectivity index (χ0) is 9.26. The fourth-order valence-corrected chi connectivity index (χ4v) is 1.74. The van der Waals surface area contributed by atoms with E-state index in [-0.39, 0.29) is 0 Å². The summed E-state index contributed by atoms with van der Waals surface area (Å²) in [7, 11) is 0. The molecule has 0 unspecified atom stereocenters. The van der Waals surface area contributed by atoms with Crippen molar-refractivity contribution in [2.45, 2.75) is 39.4 Å². The SMILES string of the molecule is CC(C)N1CCCn2nncc2C1. The molecule has 0 amide bonds. The molecule has 2 rings (SSSR count). The zero-order valence-corrected chi connectivity index (χ0v) is 8.27. The highest BCUT2D eigenvalue weighted by molar-refractivity contribution is 4.95. The maximum Gasteiger partial charge on any atom is 0.0738 e. The van der Waals surface area contributed by atoms with Crippen LogP contribution in [0.15, 0.2) is 6.20 Å². The van der Waals surface area contributed by atoms with Gasteiger partial charge in [-0.25, -0.2) is 4.68 Å². The van der Waals surface area contributed by atoms with Crippen LogP contribution in [0.4, 0.5) is 0 Å². The minimum Gasteiger partial charge on any atom is -0.295 e. The molecule has 1 aromatic rings. The Balaban J connectivity index is 2.17. The number of aromatic nitrogens is 3. The highest BCUT2D eigenvalue weighted by atomic mass is 15.4. The van der Waals surface area contributed by atoms with Gasteiger partial charge in [-0.2, -0.15) is 0 Å². The molecule has 0 saturated carbocycles. The van der Waals surface area contributed by atoms with Gasteiger partial charge < -0.3 is 0 Å². The smallest absolute Gasteiger partial charge is 0.0738 e. The third-order valence-electron chi connectivity index (χ3n) is 2.61. The number of fused-ring (bicyclic) bond motifs is 1. The Hall–Kier alpha value is -0.900. The van der Waals surface area contributed by atoms with Gasteiger partial charge in [0.25, 0.3) is 0 Å². The Labute approximate surface area is 78.5 Å². The molecule has 2 heterocycles. The van der Waals surface area contributed by atoms with Gasteiger partial charge in [-0.1, -0.05) is 5.21 Å². The highest BCUT2D eigenvalue weighted by Gasteiger charge is 2.16. The van der Waals surface area contributed by atoms with Gasteiger partial charge in [-0.15, -0.1) is 5.10 Å². The molecule has 0 spiro atoms. The molecule has 1 aromatic heterocycles. The van der Waals surface area contributed by atoms with Crippen molar-refractivity contribution in [3.8, 4) is 0 Å². The summed E-state index contributed by atoms with van der Waals surface area (Å²) in [6.45, 7) is 7.64. The summed E-state index contributed by atoms with van der Waals surface area (Å²) in [5.74, 6) is 0. The molecule has 0 saturated heterocycles. The summed E-state index contributed by atoms with van der Waals surface area (Å²) in [6, 6.07) is 0.612. The fourth-order valence-electron chi connectivity index (χ4n) is 1.74. The van der Waals surface area contributed by atoms with Crippen molar-refractivity contribution < 1.29 is 0 Å². The van der Waals surface area contributed by atoms with Gasteiger partial charge in [-0.3, -0.25) is 4.90 Å². The van der Waals surface area contributed by atoms with Gasteiger partial charge in [0.1, 0.15) is 0 Å². The van der Waals surface area contributed by atoms with Gasteiger partial charge in [0, 0.05) is 25.7 Å². The first-order valence-corrected chi connectivity index (χ1v) is 4.89. The zero-order valence-electron chi connectivity index (χ0n) is 8.27. The second-order valence-electron chi connectivity index (χ2n) is 3.87. The molecule has 13 heavy (non-hydrogen) atoms. The van der Waals surface area contributed by atoms with Crippen molar-refractivity contribution in [1.29, 1.82) is 0 Å². The first-order chi connectivity index (χ1) is 6.27. The van der Waals surface area contributed by atoms with Crippen molar-refractivity contribution in [3.05, 3.63) is 11.9 Å². The summed E-state index contributed by atoms with van der Waals surface area (Å²) in [4.78, 5) is 2.46. The van der Waals surface area contributed by atoms with Gasteiger partial charge >= 0.3 is 0 Å². The molecule has 0 aromatic carbocycles. The molecule has 72 valence electrons. The van der Waals surface area contributed by atoms with E-state index in [4.69, 9.17) is 0 Å². The maximum absolute atomic E-state index is 4.05. The first-order valence-electron chi connectivity index (χ1n) is 4.89. The molecular formula is C9H16N4. The van der Waals surface area contributed by atoms with E-state index in [9.17, 15) is 0 Å². The average molecular weight is 180 g/mol. The third kappa shape index (κ3) is 1.72. The summed E-state index contributed by atoms with van der Waals surface area (Å²) >= 11 is 0. The number of hydrogen-bond donors (Lipinski definition) is 0. The third-order valence-corrected chi connectivity index (χ3v) is 2.61. The van der Waals surface area contributed by atoms with Crippen LogP contribution < -0.4 is 0 Å². The Morgan fingerprint density at radius 2 is 2.23 bits per heavy atom. The molecule has 4 nitrogen and oxygen atoms in total. The highest BCUT2D eigenvalue weighted by Crippen LogP contribution is 2.12. The van der Waals surface area contributed by atoms with Crippen molar-refractivity contribution in [2.75, 3.05) is 6.54 Å². The molecule has 4 heteroatoms. The van der Waals surface area contributed by atoms with Crippen LogP contribution in [-0.2, 0) is 13.1 Å². The van der Waals surface area contributed by atoms with Gasteiger partial charge in [0.05, 0.1) is 11.9 Å².